The number of aromatic nitrogens is 9. The van der Waals surface area contributed by atoms with Crippen molar-refractivity contribution in [3.8, 4) is 17.1 Å². The Hall–Kier alpha value is -3.36. The van der Waals surface area contributed by atoms with Crippen molar-refractivity contribution in [2.45, 2.75) is 20.8 Å². The molecule has 0 spiro atoms. The smallest absolute Gasteiger partial charge is 0.0765 e. The molecule has 0 fully saturated rings. The monoisotopic (exact) mass is 321 g/mol. The van der Waals surface area contributed by atoms with Crippen molar-refractivity contribution in [2.75, 3.05) is 0 Å². The molecular weight excluding hydrogens is 306 g/mol. The fourth-order valence-corrected chi connectivity index (χ4v) is 3.19. The highest BCUT2D eigenvalue weighted by Gasteiger charge is 2.22. The summed E-state index contributed by atoms with van der Waals surface area (Å²) in [6.45, 7) is 6.12. The van der Waals surface area contributed by atoms with Gasteiger partial charge < -0.3 is 0 Å². The first-order valence-corrected chi connectivity index (χ1v) is 7.42. The average Bonchev–Trinajstić information content (AvgIpc) is 3.31. The van der Waals surface area contributed by atoms with Gasteiger partial charge in [0.05, 0.1) is 54.2 Å². The highest BCUT2D eigenvalue weighted by Crippen LogP contribution is 2.33. The predicted molar refractivity (Wildman–Crippen MR) is 85.4 cm³/mol. The van der Waals surface area contributed by atoms with Crippen molar-refractivity contribution in [1.82, 2.24) is 45.0 Å². The Balaban J connectivity index is 2.12. The van der Waals surface area contributed by atoms with Gasteiger partial charge in [-0.05, 0) is 20.8 Å². The van der Waals surface area contributed by atoms with Gasteiger partial charge in [-0.25, -0.2) is 14.0 Å². The molecule has 0 aliphatic rings. The van der Waals surface area contributed by atoms with Crippen LogP contribution in [-0.4, -0.2) is 45.0 Å². The van der Waals surface area contributed by atoms with E-state index in [1.165, 1.54) is 0 Å². The summed E-state index contributed by atoms with van der Waals surface area (Å²) in [5.41, 5.74) is 5.91. The van der Waals surface area contributed by atoms with E-state index in [0.717, 1.165) is 33.8 Å². The maximum absolute atomic E-state index is 4.16. The van der Waals surface area contributed by atoms with Gasteiger partial charge in [0, 0.05) is 16.7 Å². The molecule has 0 N–H and O–H groups in total. The van der Waals surface area contributed by atoms with Crippen LogP contribution in [0.5, 0.6) is 0 Å². The van der Waals surface area contributed by atoms with E-state index in [-0.39, 0.29) is 0 Å². The van der Waals surface area contributed by atoms with Gasteiger partial charge >= 0.3 is 0 Å². The summed E-state index contributed by atoms with van der Waals surface area (Å²) < 4.78 is 5.26. The highest BCUT2D eigenvalue weighted by molar-refractivity contribution is 5.69. The maximum atomic E-state index is 4.16. The zero-order valence-electron chi connectivity index (χ0n) is 13.5. The molecule has 0 radical (unpaired) electrons. The van der Waals surface area contributed by atoms with E-state index < -0.39 is 0 Å². The summed E-state index contributed by atoms with van der Waals surface area (Å²) in [4.78, 5) is 0. The number of rotatable bonds is 3. The topological polar surface area (TPSA) is 92.1 Å². The molecule has 9 nitrogen and oxygen atoms in total. The molecule has 9 heteroatoms. The number of benzene rings is 1. The fraction of sp³-hybridized carbons (Fsp3) is 0.200. The summed E-state index contributed by atoms with van der Waals surface area (Å²) in [7, 11) is 0. The van der Waals surface area contributed by atoms with Gasteiger partial charge in [-0.15, -0.1) is 15.3 Å². The Bertz CT molecular complexity index is 817. The van der Waals surface area contributed by atoms with E-state index in [9.17, 15) is 0 Å². The van der Waals surface area contributed by atoms with Crippen LogP contribution in [0.2, 0.25) is 0 Å². The standard InChI is InChI=1S/C15H15N9/c1-10-13(22-7-4-16-19-22)11(2)15(24-9-6-18-21-24)12(3)14(10)23-8-5-17-20-23/h4-9H,1-3H3. The molecule has 0 amide bonds. The molecule has 0 saturated heterocycles. The number of hydrogen-bond donors (Lipinski definition) is 0. The minimum atomic E-state index is 0.939. The van der Waals surface area contributed by atoms with Gasteiger partial charge in [-0.2, -0.15) is 0 Å². The molecule has 3 heterocycles. The molecule has 0 saturated carbocycles. The minimum absolute atomic E-state index is 0.939. The summed E-state index contributed by atoms with van der Waals surface area (Å²) in [6.07, 6.45) is 10.4. The molecule has 4 rings (SSSR count). The predicted octanol–water partition coefficient (Wildman–Crippen LogP) is 1.35. The molecule has 0 unspecified atom stereocenters. The van der Waals surface area contributed by atoms with Crippen LogP contribution in [-0.2, 0) is 0 Å². The second-order valence-electron chi connectivity index (χ2n) is 5.46. The number of hydrogen-bond acceptors (Lipinski definition) is 6. The van der Waals surface area contributed by atoms with Gasteiger partial charge in [0.15, 0.2) is 0 Å². The van der Waals surface area contributed by atoms with E-state index in [2.05, 4.69) is 30.9 Å². The summed E-state index contributed by atoms with van der Waals surface area (Å²) in [6, 6.07) is 0. The lowest BCUT2D eigenvalue weighted by Crippen LogP contribution is -2.14. The van der Waals surface area contributed by atoms with Crippen LogP contribution >= 0.6 is 0 Å². The zero-order chi connectivity index (χ0) is 16.7. The molecule has 0 aliphatic carbocycles. The lowest BCUT2D eigenvalue weighted by atomic mass is 9.99. The lowest BCUT2D eigenvalue weighted by Gasteiger charge is -2.21. The largest absolute Gasteiger partial charge is 0.220 e. The molecule has 120 valence electrons. The van der Waals surface area contributed by atoms with Gasteiger partial charge in [0.25, 0.3) is 0 Å². The van der Waals surface area contributed by atoms with Gasteiger partial charge in [-0.1, -0.05) is 15.6 Å². The molecule has 24 heavy (non-hydrogen) atoms. The maximum Gasteiger partial charge on any atom is 0.0765 e. The normalized spacial score (nSPS) is 11.1. The van der Waals surface area contributed by atoms with Crippen LogP contribution in [0.15, 0.2) is 37.2 Å². The van der Waals surface area contributed by atoms with Crippen LogP contribution in [0.25, 0.3) is 17.1 Å². The summed E-state index contributed by atoms with van der Waals surface area (Å²) in [5, 5.41) is 24.3. The first kappa shape index (κ1) is 14.2. The van der Waals surface area contributed by atoms with E-state index >= 15 is 0 Å². The Labute approximate surface area is 137 Å². The van der Waals surface area contributed by atoms with Crippen molar-refractivity contribution < 1.29 is 0 Å². The van der Waals surface area contributed by atoms with Crippen LogP contribution in [0.4, 0.5) is 0 Å². The van der Waals surface area contributed by atoms with E-state index in [1.54, 1.807) is 32.6 Å². The Kier molecular flexibility index (Phi) is 3.19. The van der Waals surface area contributed by atoms with E-state index in [0.29, 0.717) is 0 Å². The van der Waals surface area contributed by atoms with Crippen molar-refractivity contribution in [3.05, 3.63) is 53.9 Å². The van der Waals surface area contributed by atoms with Crippen LogP contribution < -0.4 is 0 Å². The van der Waals surface area contributed by atoms with Crippen molar-refractivity contribution in [1.29, 1.82) is 0 Å². The molecule has 0 atom stereocenters. The van der Waals surface area contributed by atoms with E-state index in [1.807, 2.05) is 39.4 Å². The van der Waals surface area contributed by atoms with Crippen LogP contribution in [0.1, 0.15) is 16.7 Å². The van der Waals surface area contributed by atoms with E-state index in [4.69, 9.17) is 0 Å². The minimum Gasteiger partial charge on any atom is -0.220 e. The van der Waals surface area contributed by atoms with Crippen molar-refractivity contribution in [2.24, 2.45) is 0 Å². The van der Waals surface area contributed by atoms with Crippen molar-refractivity contribution in [3.63, 3.8) is 0 Å². The van der Waals surface area contributed by atoms with Gasteiger partial charge in [-0.3, -0.25) is 0 Å². The Morgan fingerprint density at radius 2 is 0.833 bits per heavy atom. The molecule has 1 aromatic carbocycles. The SMILES string of the molecule is Cc1c(-n2ccnn2)c(C)c(-n2ccnn2)c(C)c1-n1ccnn1. The summed E-state index contributed by atoms with van der Waals surface area (Å²) in [5.74, 6) is 0. The summed E-state index contributed by atoms with van der Waals surface area (Å²) >= 11 is 0. The van der Waals surface area contributed by atoms with Crippen LogP contribution in [0, 0.1) is 20.8 Å². The molecular formula is C15H15N9. The zero-order valence-corrected chi connectivity index (χ0v) is 13.5. The Morgan fingerprint density at radius 3 is 1.04 bits per heavy atom. The fourth-order valence-electron chi connectivity index (χ4n) is 3.19. The highest BCUT2D eigenvalue weighted by atomic mass is 15.4. The first-order chi connectivity index (χ1) is 11.7. The van der Waals surface area contributed by atoms with Crippen molar-refractivity contribution >= 4 is 0 Å². The third-order valence-electron chi connectivity index (χ3n) is 4.09. The van der Waals surface area contributed by atoms with Gasteiger partial charge in [0.2, 0.25) is 0 Å². The first-order valence-electron chi connectivity index (χ1n) is 7.42. The number of nitrogens with zero attached hydrogens (tertiary/aromatic N) is 9. The third-order valence-corrected chi connectivity index (χ3v) is 4.09. The van der Waals surface area contributed by atoms with Crippen LogP contribution in [0.3, 0.4) is 0 Å². The quantitative estimate of drug-likeness (QED) is 0.565. The third kappa shape index (κ3) is 2.02. The lowest BCUT2D eigenvalue weighted by molar-refractivity contribution is 0.750. The molecule has 0 aliphatic heterocycles. The molecule has 0 bridgehead atoms. The second kappa shape index (κ2) is 5.37. The Morgan fingerprint density at radius 1 is 0.542 bits per heavy atom. The molecule has 3 aromatic heterocycles. The molecule has 4 aromatic rings. The second-order valence-corrected chi connectivity index (χ2v) is 5.46. The van der Waals surface area contributed by atoms with Gasteiger partial charge in [0.1, 0.15) is 0 Å². The average molecular weight is 321 g/mol.